The molecule has 0 fully saturated rings. The summed E-state index contributed by atoms with van der Waals surface area (Å²) in [6, 6.07) is 13.1. The number of phenols is 1. The van der Waals surface area contributed by atoms with Gasteiger partial charge in [-0.15, -0.1) is 0 Å². The number of hydrogen-bond acceptors (Lipinski definition) is 4. The number of nitriles is 1. The van der Waals surface area contributed by atoms with Crippen LogP contribution < -0.4 is 0 Å². The minimum Gasteiger partial charge on any atom is -0.508 e. The molecule has 2 aromatic rings. The van der Waals surface area contributed by atoms with Crippen molar-refractivity contribution in [3.63, 3.8) is 0 Å². The number of aromatic hydroxyl groups is 1. The summed E-state index contributed by atoms with van der Waals surface area (Å²) in [6.07, 6.45) is 1.25. The van der Waals surface area contributed by atoms with Crippen LogP contribution in [0.3, 0.4) is 0 Å². The van der Waals surface area contributed by atoms with Crippen molar-refractivity contribution in [2.45, 2.75) is 4.90 Å². The monoisotopic (exact) mass is 319 g/mol. The summed E-state index contributed by atoms with van der Waals surface area (Å²) in [6.45, 7) is 0. The Balaban J connectivity index is 2.47. The molecule has 106 valence electrons. The first-order valence-electron chi connectivity index (χ1n) is 5.85. The molecule has 0 atom stereocenters. The van der Waals surface area contributed by atoms with Crippen molar-refractivity contribution < 1.29 is 13.5 Å². The van der Waals surface area contributed by atoms with Gasteiger partial charge in [0.15, 0.2) is 0 Å². The zero-order chi connectivity index (χ0) is 15.5. The Labute approximate surface area is 127 Å². The van der Waals surface area contributed by atoms with E-state index in [1.54, 1.807) is 6.07 Å². The number of nitrogens with zero attached hydrogens (tertiary/aromatic N) is 1. The number of hydrogen-bond donors (Lipinski definition) is 1. The molecule has 1 N–H and O–H groups in total. The van der Waals surface area contributed by atoms with Crippen molar-refractivity contribution in [3.8, 4) is 11.8 Å². The van der Waals surface area contributed by atoms with Crippen molar-refractivity contribution >= 4 is 27.5 Å². The Hall–Kier alpha value is -2.29. The third-order valence-corrected chi connectivity index (χ3v) is 4.65. The molecule has 0 aliphatic rings. The number of halogens is 1. The van der Waals surface area contributed by atoms with E-state index in [4.69, 9.17) is 16.9 Å². The summed E-state index contributed by atoms with van der Waals surface area (Å²) in [5.41, 5.74) is 0.502. The average molecular weight is 320 g/mol. The molecule has 0 saturated carbocycles. The van der Waals surface area contributed by atoms with Crippen molar-refractivity contribution in [2.75, 3.05) is 0 Å². The van der Waals surface area contributed by atoms with Gasteiger partial charge in [0, 0.05) is 5.02 Å². The molecule has 2 aromatic carbocycles. The molecule has 4 nitrogen and oxygen atoms in total. The summed E-state index contributed by atoms with van der Waals surface area (Å²) in [4.78, 5) is -0.381. The van der Waals surface area contributed by atoms with Gasteiger partial charge in [-0.25, -0.2) is 8.42 Å². The first-order chi connectivity index (χ1) is 9.93. The standard InChI is InChI=1S/C15H10ClNO3S/c16-12-3-7-14(8-4-12)21(19,20)15(10-17)9-11-1-5-13(18)6-2-11/h1-9,18H/b15-9+. The normalized spacial score (nSPS) is 11.9. The third-order valence-electron chi connectivity index (χ3n) is 2.71. The van der Waals surface area contributed by atoms with Crippen LogP contribution in [0.5, 0.6) is 5.75 Å². The maximum atomic E-state index is 12.4. The molecular formula is C15H10ClNO3S. The largest absolute Gasteiger partial charge is 0.508 e. The smallest absolute Gasteiger partial charge is 0.216 e. The fourth-order valence-corrected chi connectivity index (χ4v) is 2.92. The summed E-state index contributed by atoms with van der Waals surface area (Å²) >= 11 is 5.72. The Morgan fingerprint density at radius 2 is 1.67 bits per heavy atom. The van der Waals surface area contributed by atoms with Crippen LogP contribution in [0.25, 0.3) is 6.08 Å². The SMILES string of the molecule is N#C/C(=C\c1ccc(O)cc1)S(=O)(=O)c1ccc(Cl)cc1. The first-order valence-corrected chi connectivity index (χ1v) is 7.71. The maximum Gasteiger partial charge on any atom is 0.216 e. The van der Waals surface area contributed by atoms with Crippen LogP contribution >= 0.6 is 11.6 Å². The molecule has 0 amide bonds. The molecule has 0 bridgehead atoms. The topological polar surface area (TPSA) is 78.2 Å². The molecular weight excluding hydrogens is 310 g/mol. The third kappa shape index (κ3) is 3.43. The number of sulfone groups is 1. The lowest BCUT2D eigenvalue weighted by atomic mass is 10.2. The number of phenolic OH excluding ortho intramolecular Hbond substituents is 1. The van der Waals surface area contributed by atoms with E-state index in [-0.39, 0.29) is 15.6 Å². The highest BCUT2D eigenvalue weighted by molar-refractivity contribution is 7.95. The van der Waals surface area contributed by atoms with Gasteiger partial charge in [-0.05, 0) is 48.0 Å². The van der Waals surface area contributed by atoms with E-state index in [1.165, 1.54) is 54.6 Å². The van der Waals surface area contributed by atoms with Crippen LogP contribution in [0.15, 0.2) is 58.3 Å². The lowest BCUT2D eigenvalue weighted by molar-refractivity contribution is 0.475. The van der Waals surface area contributed by atoms with Crippen LogP contribution in [0.4, 0.5) is 0 Å². The van der Waals surface area contributed by atoms with Gasteiger partial charge in [0.05, 0.1) is 4.90 Å². The zero-order valence-electron chi connectivity index (χ0n) is 10.7. The molecule has 0 spiro atoms. The van der Waals surface area contributed by atoms with E-state index in [0.717, 1.165) is 0 Å². The quantitative estimate of drug-likeness (QED) is 0.880. The molecule has 0 saturated heterocycles. The summed E-state index contributed by atoms with van der Waals surface area (Å²) in [5, 5.41) is 18.7. The van der Waals surface area contributed by atoms with E-state index in [9.17, 15) is 13.5 Å². The van der Waals surface area contributed by atoms with Gasteiger partial charge in [0.2, 0.25) is 9.84 Å². The molecule has 0 unspecified atom stereocenters. The lowest BCUT2D eigenvalue weighted by Crippen LogP contribution is -2.03. The summed E-state index contributed by atoms with van der Waals surface area (Å²) < 4.78 is 24.7. The Morgan fingerprint density at radius 1 is 1.10 bits per heavy atom. The lowest BCUT2D eigenvalue weighted by Gasteiger charge is -2.03. The van der Waals surface area contributed by atoms with E-state index in [0.29, 0.717) is 10.6 Å². The first kappa shape index (κ1) is 15.1. The van der Waals surface area contributed by atoms with Gasteiger partial charge in [-0.2, -0.15) is 5.26 Å². The molecule has 21 heavy (non-hydrogen) atoms. The van der Waals surface area contributed by atoms with Crippen LogP contribution in [0, 0.1) is 11.3 Å². The highest BCUT2D eigenvalue weighted by Crippen LogP contribution is 2.23. The van der Waals surface area contributed by atoms with Crippen molar-refractivity contribution in [1.29, 1.82) is 5.26 Å². The summed E-state index contributed by atoms with van der Waals surface area (Å²) in [5.74, 6) is 0.0613. The molecule has 0 heterocycles. The van der Waals surface area contributed by atoms with Crippen LogP contribution in [0.2, 0.25) is 5.02 Å². The van der Waals surface area contributed by atoms with E-state index < -0.39 is 9.84 Å². The second kappa shape index (κ2) is 6.00. The molecule has 0 aliphatic heterocycles. The number of rotatable bonds is 3. The fraction of sp³-hybridized carbons (Fsp3) is 0. The zero-order valence-corrected chi connectivity index (χ0v) is 12.3. The molecule has 0 aromatic heterocycles. The van der Waals surface area contributed by atoms with Crippen molar-refractivity contribution in [2.24, 2.45) is 0 Å². The van der Waals surface area contributed by atoms with Gasteiger partial charge < -0.3 is 5.11 Å². The van der Waals surface area contributed by atoms with Gasteiger partial charge in [0.1, 0.15) is 16.7 Å². The maximum absolute atomic E-state index is 12.4. The van der Waals surface area contributed by atoms with E-state index in [1.807, 2.05) is 0 Å². The van der Waals surface area contributed by atoms with Gasteiger partial charge in [-0.1, -0.05) is 23.7 Å². The Morgan fingerprint density at radius 3 is 2.19 bits per heavy atom. The van der Waals surface area contributed by atoms with E-state index >= 15 is 0 Å². The van der Waals surface area contributed by atoms with Crippen LogP contribution in [-0.4, -0.2) is 13.5 Å². The van der Waals surface area contributed by atoms with Gasteiger partial charge in [-0.3, -0.25) is 0 Å². The van der Waals surface area contributed by atoms with Crippen LogP contribution in [-0.2, 0) is 9.84 Å². The Kier molecular flexibility index (Phi) is 4.32. The van der Waals surface area contributed by atoms with E-state index in [2.05, 4.69) is 0 Å². The Bertz CT molecular complexity index is 817. The average Bonchev–Trinajstić information content (AvgIpc) is 2.47. The highest BCUT2D eigenvalue weighted by atomic mass is 35.5. The molecule has 0 aliphatic carbocycles. The summed E-state index contributed by atoms with van der Waals surface area (Å²) in [7, 11) is -3.90. The van der Waals surface area contributed by atoms with Gasteiger partial charge in [0.25, 0.3) is 0 Å². The predicted octanol–water partition coefficient (Wildman–Crippen LogP) is 3.38. The minimum absolute atomic E-state index is 0.00141. The molecule has 0 radical (unpaired) electrons. The molecule has 6 heteroatoms. The van der Waals surface area contributed by atoms with Crippen molar-refractivity contribution in [3.05, 3.63) is 64.0 Å². The van der Waals surface area contributed by atoms with Crippen LogP contribution in [0.1, 0.15) is 5.56 Å². The highest BCUT2D eigenvalue weighted by Gasteiger charge is 2.20. The predicted molar refractivity (Wildman–Crippen MR) is 80.3 cm³/mol. The second-order valence-corrected chi connectivity index (χ2v) is 6.52. The molecule has 2 rings (SSSR count). The number of benzene rings is 2. The number of allylic oxidation sites excluding steroid dienone is 1. The fourth-order valence-electron chi connectivity index (χ4n) is 1.63. The minimum atomic E-state index is -3.90. The second-order valence-electron chi connectivity index (χ2n) is 4.17. The van der Waals surface area contributed by atoms with Crippen molar-refractivity contribution in [1.82, 2.24) is 0 Å². The van der Waals surface area contributed by atoms with Gasteiger partial charge >= 0.3 is 0 Å².